The number of hydrazine groups is 1. The highest BCUT2D eigenvalue weighted by Crippen LogP contribution is 2.23. The molecule has 2 heterocycles. The molecular weight excluding hydrogens is 280 g/mol. The molecule has 0 spiro atoms. The Morgan fingerprint density at radius 1 is 1.50 bits per heavy atom. The number of nitrogens with two attached hydrogens (primary N) is 1. The fourth-order valence-electron chi connectivity index (χ4n) is 2.74. The van der Waals surface area contributed by atoms with Gasteiger partial charge >= 0.3 is 6.09 Å². The van der Waals surface area contributed by atoms with Gasteiger partial charge in [0.1, 0.15) is 5.60 Å². The van der Waals surface area contributed by atoms with Crippen molar-refractivity contribution in [1.29, 1.82) is 0 Å². The van der Waals surface area contributed by atoms with Crippen LogP contribution in [0.5, 0.6) is 0 Å². The molecule has 2 unspecified atom stereocenters. The molecule has 2 rings (SSSR count). The summed E-state index contributed by atoms with van der Waals surface area (Å²) in [5.41, 5.74) is 3.63. The molecule has 122 valence electrons. The second kappa shape index (κ2) is 7.07. The predicted molar refractivity (Wildman–Crippen MR) is 85.0 cm³/mol. The minimum absolute atomic E-state index is 0.134. The molecule has 1 aliphatic heterocycles. The van der Waals surface area contributed by atoms with E-state index in [4.69, 9.17) is 10.6 Å². The van der Waals surface area contributed by atoms with E-state index in [0.29, 0.717) is 19.0 Å². The van der Waals surface area contributed by atoms with Crippen molar-refractivity contribution in [3.05, 3.63) is 30.1 Å². The number of ether oxygens (including phenoxy) is 1. The van der Waals surface area contributed by atoms with Crippen LogP contribution in [-0.4, -0.2) is 40.7 Å². The average molecular weight is 306 g/mol. The number of amides is 1. The van der Waals surface area contributed by atoms with Gasteiger partial charge in [-0.05, 0) is 57.2 Å². The number of hydrogen-bond donors (Lipinski definition) is 2. The summed E-state index contributed by atoms with van der Waals surface area (Å²) in [5.74, 6) is 6.05. The second-order valence-electron chi connectivity index (χ2n) is 6.81. The van der Waals surface area contributed by atoms with E-state index in [-0.39, 0.29) is 12.1 Å². The van der Waals surface area contributed by atoms with Gasteiger partial charge in [0.15, 0.2) is 0 Å². The first-order valence-corrected chi connectivity index (χ1v) is 7.72. The lowest BCUT2D eigenvalue weighted by molar-refractivity contribution is 0.0285. The van der Waals surface area contributed by atoms with Crippen LogP contribution in [0.2, 0.25) is 0 Å². The largest absolute Gasteiger partial charge is 0.444 e. The summed E-state index contributed by atoms with van der Waals surface area (Å²) in [7, 11) is 0. The molecule has 2 atom stereocenters. The van der Waals surface area contributed by atoms with Crippen LogP contribution >= 0.6 is 0 Å². The lowest BCUT2D eigenvalue weighted by Gasteiger charge is -2.26. The van der Waals surface area contributed by atoms with Crippen LogP contribution in [0.3, 0.4) is 0 Å². The predicted octanol–water partition coefficient (Wildman–Crippen LogP) is 1.71. The van der Waals surface area contributed by atoms with E-state index in [2.05, 4.69) is 10.4 Å². The molecule has 3 N–H and O–H groups in total. The molecule has 6 heteroatoms. The van der Waals surface area contributed by atoms with E-state index in [1.54, 1.807) is 17.3 Å². The van der Waals surface area contributed by atoms with Crippen molar-refractivity contribution in [3.8, 4) is 0 Å². The molecule has 0 aliphatic carbocycles. The van der Waals surface area contributed by atoms with Crippen LogP contribution in [0.15, 0.2) is 24.5 Å². The highest BCUT2D eigenvalue weighted by molar-refractivity contribution is 5.68. The van der Waals surface area contributed by atoms with Crippen LogP contribution in [-0.2, 0) is 11.2 Å². The normalized spacial score (nSPS) is 20.0. The number of hydrogen-bond acceptors (Lipinski definition) is 5. The Hall–Kier alpha value is -1.66. The molecule has 0 bridgehead atoms. The summed E-state index contributed by atoms with van der Waals surface area (Å²) in [6.07, 6.45) is 5.08. The minimum atomic E-state index is -0.461. The number of aromatic nitrogens is 1. The SMILES string of the molecule is CC(C)(C)OC(=O)N1CCC(C(Cc2ccncc2)NN)C1. The Balaban J connectivity index is 1.91. The molecule has 1 amide bonds. The standard InChI is InChI=1S/C16H26N4O2/c1-16(2,3)22-15(21)20-9-6-13(11-20)14(19-17)10-12-4-7-18-8-5-12/h4-5,7-8,13-14,19H,6,9-11,17H2,1-3H3. The van der Waals surface area contributed by atoms with Gasteiger partial charge in [-0.15, -0.1) is 0 Å². The van der Waals surface area contributed by atoms with E-state index in [1.807, 2.05) is 32.9 Å². The van der Waals surface area contributed by atoms with Crippen molar-refractivity contribution in [2.75, 3.05) is 13.1 Å². The molecule has 0 aromatic carbocycles. The van der Waals surface area contributed by atoms with Crippen molar-refractivity contribution in [1.82, 2.24) is 15.3 Å². The maximum atomic E-state index is 12.1. The van der Waals surface area contributed by atoms with Gasteiger partial charge in [0.05, 0.1) is 0 Å². The van der Waals surface area contributed by atoms with E-state index >= 15 is 0 Å². The van der Waals surface area contributed by atoms with Gasteiger partial charge in [-0.3, -0.25) is 16.3 Å². The summed E-state index contributed by atoms with van der Waals surface area (Å²) in [6, 6.07) is 4.12. The zero-order chi connectivity index (χ0) is 16.2. The molecule has 1 aliphatic rings. The summed E-state index contributed by atoms with van der Waals surface area (Å²) < 4.78 is 5.43. The average Bonchev–Trinajstić information content (AvgIpc) is 2.94. The molecular formula is C16H26N4O2. The zero-order valence-electron chi connectivity index (χ0n) is 13.6. The Morgan fingerprint density at radius 3 is 2.77 bits per heavy atom. The minimum Gasteiger partial charge on any atom is -0.444 e. The van der Waals surface area contributed by atoms with Crippen molar-refractivity contribution in [2.45, 2.75) is 45.3 Å². The molecule has 1 aromatic rings. The number of carbonyl (C=O) groups excluding carboxylic acids is 1. The fraction of sp³-hybridized carbons (Fsp3) is 0.625. The maximum absolute atomic E-state index is 12.1. The molecule has 0 saturated carbocycles. The molecule has 6 nitrogen and oxygen atoms in total. The lowest BCUT2D eigenvalue weighted by Crippen LogP contribution is -2.44. The monoisotopic (exact) mass is 306 g/mol. The Bertz CT molecular complexity index is 487. The number of likely N-dealkylation sites (tertiary alicyclic amines) is 1. The Kier molecular flexibility index (Phi) is 5.37. The smallest absolute Gasteiger partial charge is 0.410 e. The molecule has 0 radical (unpaired) electrons. The summed E-state index contributed by atoms with van der Waals surface area (Å²) in [4.78, 5) is 17.9. The van der Waals surface area contributed by atoms with Gasteiger partial charge in [-0.25, -0.2) is 4.79 Å². The molecule has 1 fully saturated rings. The Morgan fingerprint density at radius 2 is 2.18 bits per heavy atom. The zero-order valence-corrected chi connectivity index (χ0v) is 13.6. The summed E-state index contributed by atoms with van der Waals surface area (Å²) >= 11 is 0. The van der Waals surface area contributed by atoms with Gasteiger partial charge in [-0.1, -0.05) is 0 Å². The fourth-order valence-corrected chi connectivity index (χ4v) is 2.74. The van der Waals surface area contributed by atoms with E-state index in [9.17, 15) is 4.79 Å². The Labute approximate surface area is 132 Å². The van der Waals surface area contributed by atoms with Gasteiger partial charge < -0.3 is 9.64 Å². The third-order valence-corrected chi connectivity index (χ3v) is 3.86. The van der Waals surface area contributed by atoms with Crippen LogP contribution in [0.1, 0.15) is 32.8 Å². The quantitative estimate of drug-likeness (QED) is 0.654. The van der Waals surface area contributed by atoms with E-state index in [1.165, 1.54) is 5.56 Å². The molecule has 22 heavy (non-hydrogen) atoms. The van der Waals surface area contributed by atoms with Gasteiger partial charge in [-0.2, -0.15) is 0 Å². The lowest BCUT2D eigenvalue weighted by atomic mass is 9.94. The van der Waals surface area contributed by atoms with Gasteiger partial charge in [0, 0.05) is 31.5 Å². The van der Waals surface area contributed by atoms with E-state index in [0.717, 1.165) is 12.8 Å². The van der Waals surface area contributed by atoms with Crippen molar-refractivity contribution in [2.24, 2.45) is 11.8 Å². The number of nitrogens with one attached hydrogen (secondary N) is 1. The van der Waals surface area contributed by atoms with Crippen LogP contribution in [0, 0.1) is 5.92 Å². The molecule has 1 aromatic heterocycles. The number of pyridine rings is 1. The van der Waals surface area contributed by atoms with Crippen LogP contribution in [0.4, 0.5) is 4.79 Å². The maximum Gasteiger partial charge on any atom is 0.410 e. The first kappa shape index (κ1) is 16.7. The highest BCUT2D eigenvalue weighted by Gasteiger charge is 2.33. The first-order valence-electron chi connectivity index (χ1n) is 7.72. The first-order chi connectivity index (χ1) is 10.4. The van der Waals surface area contributed by atoms with Crippen molar-refractivity contribution < 1.29 is 9.53 Å². The van der Waals surface area contributed by atoms with Crippen molar-refractivity contribution in [3.63, 3.8) is 0 Å². The summed E-state index contributed by atoms with van der Waals surface area (Å²) in [5, 5.41) is 0. The number of rotatable bonds is 4. The van der Waals surface area contributed by atoms with Crippen molar-refractivity contribution >= 4 is 6.09 Å². The van der Waals surface area contributed by atoms with Crippen LogP contribution < -0.4 is 11.3 Å². The third-order valence-electron chi connectivity index (χ3n) is 3.86. The van der Waals surface area contributed by atoms with Crippen LogP contribution in [0.25, 0.3) is 0 Å². The van der Waals surface area contributed by atoms with E-state index < -0.39 is 5.60 Å². The summed E-state index contributed by atoms with van der Waals surface area (Å²) in [6.45, 7) is 7.04. The number of nitrogens with zero attached hydrogens (tertiary/aromatic N) is 2. The topological polar surface area (TPSA) is 80.5 Å². The van der Waals surface area contributed by atoms with Gasteiger partial charge in [0.25, 0.3) is 0 Å². The number of carbonyl (C=O) groups is 1. The highest BCUT2D eigenvalue weighted by atomic mass is 16.6. The molecule has 1 saturated heterocycles. The van der Waals surface area contributed by atoms with Gasteiger partial charge in [0.2, 0.25) is 0 Å². The second-order valence-corrected chi connectivity index (χ2v) is 6.81. The third kappa shape index (κ3) is 4.68.